The number of hydrogen-bond acceptors (Lipinski definition) is 7. The minimum atomic E-state index is -1.34. The van der Waals surface area contributed by atoms with Gasteiger partial charge in [0.25, 0.3) is 0 Å². The molecular weight excluding hydrogens is 460 g/mol. The largest absolute Gasteiger partial charge is 1.00 e. The Morgan fingerprint density at radius 3 is 2.32 bits per heavy atom. The van der Waals surface area contributed by atoms with E-state index in [0.29, 0.717) is 19.4 Å². The van der Waals surface area contributed by atoms with Gasteiger partial charge in [-0.25, -0.2) is 0 Å². The fourth-order valence-corrected chi connectivity index (χ4v) is 4.84. The number of benzene rings is 1. The molecule has 5 atom stereocenters. The maximum atomic E-state index is 13.3. The average molecular weight is 489 g/mol. The first kappa shape index (κ1) is 31.1. The number of carbonyl (C=O) groups is 4. The molecule has 2 aliphatic heterocycles. The topological polar surface area (TPSA) is 133 Å². The number of nitrogens with zero attached hydrogens (tertiary/aromatic N) is 2. The molecule has 0 spiro atoms. The van der Waals surface area contributed by atoms with Crippen molar-refractivity contribution in [2.24, 2.45) is 5.92 Å². The summed E-state index contributed by atoms with van der Waals surface area (Å²) in [6.07, 6.45) is 1.59. The minimum absolute atomic E-state index is 0. The van der Waals surface area contributed by atoms with Gasteiger partial charge in [-0.05, 0) is 44.1 Å². The number of nitrogens with one attached hydrogen (secondary N) is 1. The van der Waals surface area contributed by atoms with Gasteiger partial charge in [0.1, 0.15) is 0 Å². The van der Waals surface area contributed by atoms with Crippen molar-refractivity contribution in [3.05, 3.63) is 35.9 Å². The molecule has 2 fully saturated rings. The zero-order chi connectivity index (χ0) is 23.4. The number of amides is 2. The van der Waals surface area contributed by atoms with Crippen molar-refractivity contribution >= 4 is 23.8 Å². The van der Waals surface area contributed by atoms with Crippen LogP contribution in [0.25, 0.3) is 0 Å². The van der Waals surface area contributed by atoms with Gasteiger partial charge in [0, 0.05) is 26.1 Å². The molecule has 0 bridgehead atoms. The molecule has 1 aromatic carbocycles. The summed E-state index contributed by atoms with van der Waals surface area (Å²) in [6.45, 7) is 3.75. The van der Waals surface area contributed by atoms with Gasteiger partial charge in [-0.1, -0.05) is 30.3 Å². The predicted octanol–water partition coefficient (Wildman–Crippen LogP) is -7.69. The summed E-state index contributed by atoms with van der Waals surface area (Å²) >= 11 is 0. The second-order valence-electron chi connectivity index (χ2n) is 8.68. The van der Waals surface area contributed by atoms with E-state index < -0.39 is 42.0 Å². The predicted molar refractivity (Wildman–Crippen MR) is 111 cm³/mol. The van der Waals surface area contributed by atoms with Crippen molar-refractivity contribution in [2.75, 3.05) is 13.1 Å². The van der Waals surface area contributed by atoms with Crippen LogP contribution >= 0.6 is 0 Å². The smallest absolute Gasteiger partial charge is 0.548 e. The van der Waals surface area contributed by atoms with Gasteiger partial charge < -0.3 is 29.6 Å². The molecule has 0 aromatic heterocycles. The van der Waals surface area contributed by atoms with Gasteiger partial charge >= 0.3 is 59.1 Å². The van der Waals surface area contributed by atoms with E-state index in [4.69, 9.17) is 0 Å². The zero-order valence-corrected chi connectivity index (χ0v) is 24.4. The number of carboxylic acids is 2. The third-order valence-electron chi connectivity index (χ3n) is 6.58. The maximum Gasteiger partial charge on any atom is 1.00 e. The van der Waals surface area contributed by atoms with Crippen molar-refractivity contribution in [2.45, 2.75) is 63.7 Å². The second-order valence-corrected chi connectivity index (χ2v) is 8.68. The van der Waals surface area contributed by atoms with Gasteiger partial charge in [-0.3, -0.25) is 14.9 Å². The minimum Gasteiger partial charge on any atom is -0.548 e. The van der Waals surface area contributed by atoms with Crippen LogP contribution in [-0.2, 0) is 25.6 Å². The molecule has 11 heteroatoms. The normalized spacial score (nSPS) is 23.1. The Kier molecular flexibility index (Phi) is 12.8. The summed E-state index contributed by atoms with van der Waals surface area (Å²) in [6, 6.07) is 5.82. The Balaban J connectivity index is 0.00000289. The van der Waals surface area contributed by atoms with Gasteiger partial charge in [0.15, 0.2) is 0 Å². The van der Waals surface area contributed by atoms with Crippen LogP contribution in [0.15, 0.2) is 30.3 Å². The monoisotopic (exact) mass is 489 g/mol. The van der Waals surface area contributed by atoms with Gasteiger partial charge in [0.2, 0.25) is 11.8 Å². The van der Waals surface area contributed by atoms with Crippen LogP contribution in [0.2, 0.25) is 0 Å². The van der Waals surface area contributed by atoms with Crippen molar-refractivity contribution in [3.8, 4) is 0 Å². The number of rotatable bonds is 8. The number of piperidine rings is 1. The second kappa shape index (κ2) is 14.0. The number of likely N-dealkylation sites (tertiary alicyclic amines) is 2. The fourth-order valence-electron chi connectivity index (χ4n) is 4.84. The SMILES string of the molecule is CC(=O)N1CCC2CC(C(=O)[O-])N(C(=O)C(C)NC(CCc3ccccc3)C(=O)[O-])C2C1.[Na+].[Na+]. The van der Waals surface area contributed by atoms with E-state index in [9.17, 15) is 29.4 Å². The third kappa shape index (κ3) is 7.53. The molecule has 2 amide bonds. The first-order chi connectivity index (χ1) is 15.2. The van der Waals surface area contributed by atoms with E-state index in [1.165, 1.54) is 18.7 Å². The maximum absolute atomic E-state index is 13.3. The molecule has 2 aliphatic rings. The van der Waals surface area contributed by atoms with E-state index in [1.807, 2.05) is 30.3 Å². The summed E-state index contributed by atoms with van der Waals surface area (Å²) in [5, 5.41) is 26.3. The van der Waals surface area contributed by atoms with Crippen LogP contribution in [0.1, 0.15) is 38.7 Å². The zero-order valence-electron chi connectivity index (χ0n) is 20.4. The number of hydrogen-bond donors (Lipinski definition) is 1. The number of carboxylic acid groups (broad SMARTS) is 2. The molecule has 1 aromatic rings. The third-order valence-corrected chi connectivity index (χ3v) is 6.58. The summed E-state index contributed by atoms with van der Waals surface area (Å²) in [5.74, 6) is -3.34. The van der Waals surface area contributed by atoms with Gasteiger partial charge in [0.05, 0.1) is 30.1 Å². The molecule has 1 N–H and O–H groups in total. The van der Waals surface area contributed by atoms with Crippen LogP contribution in [-0.4, -0.2) is 70.8 Å². The molecule has 2 saturated heterocycles. The van der Waals surface area contributed by atoms with Crippen LogP contribution in [0.3, 0.4) is 0 Å². The van der Waals surface area contributed by atoms with Crippen LogP contribution in [0, 0.1) is 5.92 Å². The van der Waals surface area contributed by atoms with Crippen molar-refractivity contribution in [1.82, 2.24) is 15.1 Å². The molecule has 5 unspecified atom stereocenters. The quantitative estimate of drug-likeness (QED) is 0.359. The first-order valence-corrected chi connectivity index (χ1v) is 11.0. The van der Waals surface area contributed by atoms with E-state index in [0.717, 1.165) is 5.56 Å². The Morgan fingerprint density at radius 2 is 1.76 bits per heavy atom. The van der Waals surface area contributed by atoms with Crippen molar-refractivity contribution in [3.63, 3.8) is 0 Å². The molecule has 9 nitrogen and oxygen atoms in total. The number of carbonyl (C=O) groups excluding carboxylic acids is 4. The number of aryl methyl sites for hydroxylation is 1. The summed E-state index contributed by atoms with van der Waals surface area (Å²) in [7, 11) is 0. The molecule has 174 valence electrons. The molecule has 2 heterocycles. The van der Waals surface area contributed by atoms with Crippen LogP contribution in [0.5, 0.6) is 0 Å². The molecule has 0 aliphatic carbocycles. The summed E-state index contributed by atoms with van der Waals surface area (Å²) in [5.41, 5.74) is 0.963. The summed E-state index contributed by atoms with van der Waals surface area (Å²) in [4.78, 5) is 51.5. The number of fused-ring (bicyclic) bond motifs is 1. The van der Waals surface area contributed by atoms with E-state index in [-0.39, 0.29) is 90.3 Å². The molecule has 0 radical (unpaired) electrons. The van der Waals surface area contributed by atoms with E-state index >= 15 is 0 Å². The standard InChI is InChI=1S/C23H31N3O6.2Na/c1-14(24-18(22(29)30)9-8-16-6-4-3-5-7-16)21(28)26-19(23(31)32)12-17-10-11-25(15(2)27)13-20(17)26;;/h3-7,14,17-20,24H,8-13H2,1-2H3,(H,29,30)(H,31,32);;/q;2*+1/p-2. The molecule has 34 heavy (non-hydrogen) atoms. The fraction of sp³-hybridized carbons (Fsp3) is 0.565. The van der Waals surface area contributed by atoms with Crippen LogP contribution < -0.4 is 74.6 Å². The van der Waals surface area contributed by atoms with E-state index in [2.05, 4.69) is 5.32 Å². The Bertz CT molecular complexity index is 872. The molecule has 0 saturated carbocycles. The Morgan fingerprint density at radius 1 is 1.12 bits per heavy atom. The van der Waals surface area contributed by atoms with Crippen molar-refractivity contribution < 1.29 is 88.5 Å². The van der Waals surface area contributed by atoms with Gasteiger partial charge in [-0.15, -0.1) is 0 Å². The van der Waals surface area contributed by atoms with Crippen LogP contribution in [0.4, 0.5) is 0 Å². The molecular formula is C23H29N3Na2O6. The molecule has 3 rings (SSSR count). The van der Waals surface area contributed by atoms with Gasteiger partial charge in [-0.2, -0.15) is 0 Å². The summed E-state index contributed by atoms with van der Waals surface area (Å²) < 4.78 is 0. The number of aliphatic carboxylic acids is 2. The van der Waals surface area contributed by atoms with E-state index in [1.54, 1.807) is 4.90 Å². The Labute approximate surface area is 244 Å². The Hall–Kier alpha value is -0.940. The first-order valence-electron chi connectivity index (χ1n) is 11.0. The van der Waals surface area contributed by atoms with Crippen molar-refractivity contribution in [1.29, 1.82) is 0 Å². The average Bonchev–Trinajstić information content (AvgIpc) is 3.15.